The van der Waals surface area contributed by atoms with Crippen molar-refractivity contribution in [2.45, 2.75) is 0 Å². The Balaban J connectivity index is 1.79. The van der Waals surface area contributed by atoms with Gasteiger partial charge < -0.3 is 0 Å². The van der Waals surface area contributed by atoms with Gasteiger partial charge in [0.1, 0.15) is 5.82 Å². The van der Waals surface area contributed by atoms with Gasteiger partial charge in [-0.15, -0.1) is 0 Å². The number of halogens is 1. The molecule has 0 aliphatic rings. The summed E-state index contributed by atoms with van der Waals surface area (Å²) in [6.07, 6.45) is 5.01. The lowest BCUT2D eigenvalue weighted by Gasteiger charge is -1.95. The summed E-state index contributed by atoms with van der Waals surface area (Å²) in [6.45, 7) is 0. The van der Waals surface area contributed by atoms with Crippen molar-refractivity contribution in [2.24, 2.45) is 0 Å². The van der Waals surface area contributed by atoms with Gasteiger partial charge >= 0.3 is 5.91 Å². The van der Waals surface area contributed by atoms with E-state index in [2.05, 4.69) is 20.3 Å². The third kappa shape index (κ3) is 2.83. The molecule has 0 bridgehead atoms. The molecule has 0 aliphatic carbocycles. The highest BCUT2D eigenvalue weighted by Crippen LogP contribution is 2.18. The Bertz CT molecular complexity index is 1040. The first-order chi connectivity index (χ1) is 12.2. The van der Waals surface area contributed by atoms with E-state index < -0.39 is 0 Å². The molecule has 3 N–H and O–H groups in total. The zero-order valence-corrected chi connectivity index (χ0v) is 13.0. The van der Waals surface area contributed by atoms with Crippen LogP contribution in [0.3, 0.4) is 0 Å². The van der Waals surface area contributed by atoms with Gasteiger partial charge in [0.15, 0.2) is 5.52 Å². The summed E-state index contributed by atoms with van der Waals surface area (Å²) in [4.78, 5) is 22.6. The summed E-state index contributed by atoms with van der Waals surface area (Å²) in [7, 11) is 0. The summed E-state index contributed by atoms with van der Waals surface area (Å²) in [5, 5.41) is 2.75. The van der Waals surface area contributed by atoms with Crippen molar-refractivity contribution in [3.8, 4) is 11.4 Å². The van der Waals surface area contributed by atoms with Crippen LogP contribution in [-0.2, 0) is 0 Å². The Morgan fingerprint density at radius 2 is 2.00 bits per heavy atom. The van der Waals surface area contributed by atoms with Crippen LogP contribution in [0, 0.1) is 5.82 Å². The maximum absolute atomic E-state index is 13.2. The molecule has 7 heteroatoms. The number of hydrogen-bond donors (Lipinski definition) is 2. The second kappa shape index (κ2) is 6.12. The fourth-order valence-corrected chi connectivity index (χ4v) is 2.65. The minimum absolute atomic E-state index is 0.309. The van der Waals surface area contributed by atoms with Crippen LogP contribution in [0.15, 0.2) is 67.3 Å². The normalized spacial score (nSPS) is 10.8. The zero-order chi connectivity index (χ0) is 17.2. The van der Waals surface area contributed by atoms with Crippen molar-refractivity contribution >= 4 is 17.2 Å². The molecule has 0 unspecified atom stereocenters. The number of amides is 1. The molecule has 1 aromatic carbocycles. The summed E-state index contributed by atoms with van der Waals surface area (Å²) in [5.74, 6) is 0.510. The predicted molar refractivity (Wildman–Crippen MR) is 88.1 cm³/mol. The number of carbonyl (C=O) groups is 1. The van der Waals surface area contributed by atoms with E-state index in [0.29, 0.717) is 22.9 Å². The first-order valence-electron chi connectivity index (χ1n) is 7.64. The first-order valence-corrected chi connectivity index (χ1v) is 7.64. The topological polar surface area (TPSA) is 76.0 Å². The minimum Gasteiger partial charge on any atom is -0.282 e. The van der Waals surface area contributed by atoms with Gasteiger partial charge in [0.25, 0.3) is 18.0 Å². The standard InChI is InChI=1S/C18H12FN5O/c19-13-6-4-12(5-7-13)17-23-16(14-3-1-2-10-24(14)17)18(25)22-15-8-9-20-11-21-15/h1-11H,(H,20,21,22,25)/p+2. The average Bonchev–Trinajstić information content (AvgIpc) is 3.03. The van der Waals surface area contributed by atoms with Crippen LogP contribution in [0.25, 0.3) is 16.9 Å². The van der Waals surface area contributed by atoms with Crippen molar-refractivity contribution in [1.82, 2.24) is 9.97 Å². The number of benzene rings is 1. The summed E-state index contributed by atoms with van der Waals surface area (Å²) in [5.41, 5.74) is 1.88. The van der Waals surface area contributed by atoms with Crippen LogP contribution in [-0.4, -0.2) is 15.9 Å². The fourth-order valence-electron chi connectivity index (χ4n) is 2.65. The lowest BCUT2D eigenvalue weighted by molar-refractivity contribution is -0.498. The molecule has 6 nitrogen and oxygen atoms in total. The predicted octanol–water partition coefficient (Wildman–Crippen LogP) is 2.02. The molecular weight excluding hydrogens is 321 g/mol. The molecule has 4 rings (SSSR count). The molecule has 1 amide bonds. The van der Waals surface area contributed by atoms with E-state index in [9.17, 15) is 9.18 Å². The maximum Gasteiger partial charge on any atom is 0.302 e. The number of hydrogen-bond acceptors (Lipinski definition) is 2. The van der Waals surface area contributed by atoms with Gasteiger partial charge in [-0.05, 0) is 41.4 Å². The highest BCUT2D eigenvalue weighted by atomic mass is 19.1. The average molecular weight is 335 g/mol. The Hall–Kier alpha value is -3.61. The SMILES string of the molecule is O=C(Nc1cc[nH+]cn1)c1[nH]c(-c2ccc(F)cc2)[n+]2ccccc12. The molecular formula is C18H14FN5O+2. The van der Waals surface area contributed by atoms with Crippen LogP contribution in [0.4, 0.5) is 10.2 Å². The third-order valence-corrected chi connectivity index (χ3v) is 3.80. The van der Waals surface area contributed by atoms with E-state index in [1.54, 1.807) is 24.4 Å². The molecule has 0 radical (unpaired) electrons. The lowest BCUT2D eigenvalue weighted by atomic mass is 10.2. The molecule has 0 aliphatic heterocycles. The van der Waals surface area contributed by atoms with Crippen molar-refractivity contribution in [3.63, 3.8) is 0 Å². The maximum atomic E-state index is 13.2. The number of aromatic amines is 2. The smallest absolute Gasteiger partial charge is 0.282 e. The molecule has 0 atom stereocenters. The van der Waals surface area contributed by atoms with E-state index in [-0.39, 0.29) is 11.7 Å². The molecule has 122 valence electrons. The summed E-state index contributed by atoms with van der Waals surface area (Å²) >= 11 is 0. The molecule has 0 saturated carbocycles. The number of carbonyl (C=O) groups excluding carboxylic acids is 1. The number of fused-ring (bicyclic) bond motifs is 1. The number of H-pyrrole nitrogens is 2. The molecule has 0 fully saturated rings. The van der Waals surface area contributed by atoms with E-state index in [1.165, 1.54) is 18.5 Å². The largest absolute Gasteiger partial charge is 0.302 e. The summed E-state index contributed by atoms with van der Waals surface area (Å²) in [6, 6.07) is 13.3. The van der Waals surface area contributed by atoms with Crippen molar-refractivity contribution in [3.05, 3.63) is 78.8 Å². The Labute approximate surface area is 142 Å². The van der Waals surface area contributed by atoms with Crippen LogP contribution >= 0.6 is 0 Å². The van der Waals surface area contributed by atoms with E-state index in [1.807, 2.05) is 28.8 Å². The minimum atomic E-state index is -0.311. The highest BCUT2D eigenvalue weighted by Gasteiger charge is 2.25. The van der Waals surface area contributed by atoms with E-state index >= 15 is 0 Å². The number of aromatic nitrogens is 4. The van der Waals surface area contributed by atoms with Crippen molar-refractivity contribution in [1.29, 1.82) is 0 Å². The van der Waals surface area contributed by atoms with Crippen molar-refractivity contribution < 1.29 is 18.6 Å². The quantitative estimate of drug-likeness (QED) is 0.562. The van der Waals surface area contributed by atoms with Gasteiger partial charge in [0.05, 0.1) is 18.0 Å². The number of pyridine rings is 1. The lowest BCUT2D eigenvalue weighted by Crippen LogP contribution is -2.22. The van der Waals surface area contributed by atoms with Crippen molar-refractivity contribution in [2.75, 3.05) is 5.32 Å². The van der Waals surface area contributed by atoms with Crippen LogP contribution in [0.5, 0.6) is 0 Å². The molecule has 0 saturated heterocycles. The molecule has 3 heterocycles. The number of rotatable bonds is 3. The fraction of sp³-hybridized carbons (Fsp3) is 0. The van der Waals surface area contributed by atoms with Gasteiger partial charge in [0, 0.05) is 6.07 Å². The number of imidazole rings is 1. The molecule has 4 aromatic rings. The monoisotopic (exact) mass is 335 g/mol. The molecule has 0 spiro atoms. The molecule has 3 aromatic heterocycles. The van der Waals surface area contributed by atoms with Gasteiger partial charge in [-0.2, -0.15) is 4.40 Å². The second-order valence-corrected chi connectivity index (χ2v) is 5.41. The van der Waals surface area contributed by atoms with E-state index in [4.69, 9.17) is 0 Å². The van der Waals surface area contributed by atoms with Gasteiger partial charge in [0.2, 0.25) is 5.69 Å². The Morgan fingerprint density at radius 1 is 1.16 bits per heavy atom. The van der Waals surface area contributed by atoms with Gasteiger partial charge in [-0.3, -0.25) is 15.1 Å². The Kier molecular flexibility index (Phi) is 3.66. The van der Waals surface area contributed by atoms with Crippen LogP contribution in [0.2, 0.25) is 0 Å². The van der Waals surface area contributed by atoms with Crippen LogP contribution < -0.4 is 14.7 Å². The number of anilines is 1. The van der Waals surface area contributed by atoms with E-state index in [0.717, 1.165) is 5.56 Å². The zero-order valence-electron chi connectivity index (χ0n) is 13.0. The first kappa shape index (κ1) is 14.9. The van der Waals surface area contributed by atoms with Crippen LogP contribution in [0.1, 0.15) is 10.5 Å². The molecule has 25 heavy (non-hydrogen) atoms. The number of nitrogens with one attached hydrogen (secondary N) is 3. The summed E-state index contributed by atoms with van der Waals surface area (Å²) < 4.78 is 15.1. The number of nitrogens with zero attached hydrogens (tertiary/aromatic N) is 2. The second-order valence-electron chi connectivity index (χ2n) is 5.41. The van der Waals surface area contributed by atoms with Gasteiger partial charge in [-0.1, -0.05) is 6.07 Å². The Morgan fingerprint density at radius 3 is 2.76 bits per heavy atom. The highest BCUT2D eigenvalue weighted by molar-refractivity contribution is 6.06. The third-order valence-electron chi connectivity index (χ3n) is 3.80. The van der Waals surface area contributed by atoms with Gasteiger partial charge in [-0.25, -0.2) is 9.37 Å².